The predicted octanol–water partition coefficient (Wildman–Crippen LogP) is 0.478. The van der Waals surface area contributed by atoms with Crippen molar-refractivity contribution in [3.63, 3.8) is 0 Å². The molecule has 10 heavy (non-hydrogen) atoms. The second-order valence-corrected chi connectivity index (χ2v) is 2.23. The zero-order valence-electron chi connectivity index (χ0n) is 6.00. The summed E-state index contributed by atoms with van der Waals surface area (Å²) < 4.78 is 0. The normalized spacial score (nSPS) is 15.4. The molecule has 2 atom stereocenters. The van der Waals surface area contributed by atoms with Gasteiger partial charge in [-0.2, -0.15) is 0 Å². The number of carboxylic acid groups (broad SMARTS) is 1. The Morgan fingerprint density at radius 1 is 1.60 bits per heavy atom. The van der Waals surface area contributed by atoms with Crippen LogP contribution in [0.2, 0.25) is 0 Å². The van der Waals surface area contributed by atoms with Gasteiger partial charge in [0.1, 0.15) is 6.29 Å². The molecular formula is C6H11NO3. The van der Waals surface area contributed by atoms with E-state index in [4.69, 9.17) is 5.11 Å². The summed E-state index contributed by atoms with van der Waals surface area (Å²) in [6, 6.07) is -0.310. The molecule has 0 radical (unpaired) electrons. The van der Waals surface area contributed by atoms with E-state index < -0.39 is 6.09 Å². The molecule has 0 bridgehead atoms. The average molecular weight is 145 g/mol. The van der Waals surface area contributed by atoms with Crippen LogP contribution in [0.5, 0.6) is 0 Å². The quantitative estimate of drug-likeness (QED) is 0.567. The third-order valence-corrected chi connectivity index (χ3v) is 1.35. The van der Waals surface area contributed by atoms with Crippen molar-refractivity contribution in [1.82, 2.24) is 5.32 Å². The second kappa shape index (κ2) is 3.87. The molecule has 0 saturated heterocycles. The maximum absolute atomic E-state index is 10.1. The average Bonchev–Trinajstić information content (AvgIpc) is 1.85. The Bertz CT molecular complexity index is 135. The van der Waals surface area contributed by atoms with E-state index >= 15 is 0 Å². The number of hydrogen-bond acceptors (Lipinski definition) is 2. The third kappa shape index (κ3) is 3.06. The van der Waals surface area contributed by atoms with Crippen LogP contribution in [0.15, 0.2) is 0 Å². The van der Waals surface area contributed by atoms with Gasteiger partial charge in [-0.25, -0.2) is 4.79 Å². The fraction of sp³-hybridized carbons (Fsp3) is 0.667. The Morgan fingerprint density at radius 2 is 2.10 bits per heavy atom. The van der Waals surface area contributed by atoms with Gasteiger partial charge >= 0.3 is 6.09 Å². The molecule has 0 rings (SSSR count). The van der Waals surface area contributed by atoms with Crippen molar-refractivity contribution in [1.29, 1.82) is 0 Å². The Labute approximate surface area is 59.2 Å². The smallest absolute Gasteiger partial charge is 0.404 e. The summed E-state index contributed by atoms with van der Waals surface area (Å²) in [6.45, 7) is 3.31. The number of amides is 1. The Morgan fingerprint density at radius 3 is 2.40 bits per heavy atom. The molecule has 1 amide bonds. The lowest BCUT2D eigenvalue weighted by atomic mass is 10.1. The first-order valence-corrected chi connectivity index (χ1v) is 3.02. The molecule has 0 spiro atoms. The minimum atomic E-state index is -1.10. The van der Waals surface area contributed by atoms with Crippen molar-refractivity contribution in [3.8, 4) is 0 Å². The molecule has 0 fully saturated rings. The molecule has 0 aliphatic rings. The largest absolute Gasteiger partial charge is 0.465 e. The van der Waals surface area contributed by atoms with Gasteiger partial charge in [0.2, 0.25) is 0 Å². The Kier molecular flexibility index (Phi) is 3.46. The number of rotatable bonds is 3. The van der Waals surface area contributed by atoms with Crippen molar-refractivity contribution in [2.45, 2.75) is 19.9 Å². The van der Waals surface area contributed by atoms with E-state index in [0.717, 1.165) is 6.29 Å². The number of carbonyl (C=O) groups excluding carboxylic acids is 1. The van der Waals surface area contributed by atoms with E-state index in [9.17, 15) is 9.59 Å². The first-order valence-electron chi connectivity index (χ1n) is 3.02. The minimum absolute atomic E-state index is 0.268. The fourth-order valence-corrected chi connectivity index (χ4v) is 0.444. The SMILES string of the molecule is CC(C=O)C(C)NC(=O)O. The van der Waals surface area contributed by atoms with Crippen LogP contribution in [0, 0.1) is 5.92 Å². The Balaban J connectivity index is 3.71. The lowest BCUT2D eigenvalue weighted by molar-refractivity contribution is -0.111. The summed E-state index contributed by atoms with van der Waals surface area (Å²) in [5, 5.41) is 10.4. The lowest BCUT2D eigenvalue weighted by Gasteiger charge is -2.12. The highest BCUT2D eigenvalue weighted by Gasteiger charge is 2.11. The molecule has 58 valence electrons. The van der Waals surface area contributed by atoms with Crippen LogP contribution >= 0.6 is 0 Å². The molecule has 0 aliphatic carbocycles. The van der Waals surface area contributed by atoms with E-state index in [1.54, 1.807) is 13.8 Å². The van der Waals surface area contributed by atoms with Gasteiger partial charge in [0, 0.05) is 12.0 Å². The maximum Gasteiger partial charge on any atom is 0.404 e. The minimum Gasteiger partial charge on any atom is -0.465 e. The summed E-state index contributed by atoms with van der Waals surface area (Å²) in [6.07, 6.45) is -0.373. The van der Waals surface area contributed by atoms with E-state index in [2.05, 4.69) is 5.32 Å². The lowest BCUT2D eigenvalue weighted by Crippen LogP contribution is -2.36. The summed E-state index contributed by atoms with van der Waals surface area (Å²) >= 11 is 0. The molecular weight excluding hydrogens is 134 g/mol. The number of nitrogens with one attached hydrogen (secondary N) is 1. The first kappa shape index (κ1) is 8.94. The van der Waals surface area contributed by atoms with Crippen LogP contribution in [0.25, 0.3) is 0 Å². The van der Waals surface area contributed by atoms with Crippen LogP contribution in [-0.4, -0.2) is 23.5 Å². The molecule has 0 saturated carbocycles. The zero-order valence-corrected chi connectivity index (χ0v) is 6.00. The van der Waals surface area contributed by atoms with Gasteiger partial charge in [0.15, 0.2) is 0 Å². The summed E-state index contributed by atoms with van der Waals surface area (Å²) in [5.41, 5.74) is 0. The monoisotopic (exact) mass is 145 g/mol. The van der Waals surface area contributed by atoms with E-state index in [1.807, 2.05) is 0 Å². The van der Waals surface area contributed by atoms with Gasteiger partial charge in [0.25, 0.3) is 0 Å². The van der Waals surface area contributed by atoms with Crippen molar-refractivity contribution in [3.05, 3.63) is 0 Å². The number of carbonyl (C=O) groups is 2. The fourth-order valence-electron chi connectivity index (χ4n) is 0.444. The van der Waals surface area contributed by atoms with Crippen LogP contribution in [0.1, 0.15) is 13.8 Å². The maximum atomic E-state index is 10.1. The molecule has 4 heteroatoms. The van der Waals surface area contributed by atoms with Crippen molar-refractivity contribution >= 4 is 12.4 Å². The van der Waals surface area contributed by atoms with Gasteiger partial charge in [-0.1, -0.05) is 6.92 Å². The van der Waals surface area contributed by atoms with Crippen molar-refractivity contribution in [2.24, 2.45) is 5.92 Å². The standard InChI is InChI=1S/C6H11NO3/c1-4(3-8)5(2)7-6(9)10/h3-5,7H,1-2H3,(H,9,10). The number of hydrogen-bond donors (Lipinski definition) is 2. The molecule has 2 N–H and O–H groups in total. The summed E-state index contributed by atoms with van der Waals surface area (Å²) in [7, 11) is 0. The van der Waals surface area contributed by atoms with Gasteiger partial charge in [0.05, 0.1) is 0 Å². The predicted molar refractivity (Wildman–Crippen MR) is 35.9 cm³/mol. The zero-order chi connectivity index (χ0) is 8.15. The second-order valence-electron chi connectivity index (χ2n) is 2.23. The molecule has 4 nitrogen and oxygen atoms in total. The topological polar surface area (TPSA) is 66.4 Å². The molecule has 0 heterocycles. The summed E-state index contributed by atoms with van der Waals surface area (Å²) in [5.74, 6) is -0.268. The van der Waals surface area contributed by atoms with Crippen LogP contribution in [0.3, 0.4) is 0 Å². The summed E-state index contributed by atoms with van der Waals surface area (Å²) in [4.78, 5) is 20.1. The van der Waals surface area contributed by atoms with E-state index in [0.29, 0.717) is 0 Å². The Hall–Kier alpha value is -1.06. The van der Waals surface area contributed by atoms with Crippen LogP contribution in [-0.2, 0) is 4.79 Å². The highest BCUT2D eigenvalue weighted by molar-refractivity contribution is 5.66. The molecule has 0 aromatic carbocycles. The van der Waals surface area contributed by atoms with E-state index in [1.165, 1.54) is 0 Å². The highest BCUT2D eigenvalue weighted by Crippen LogP contribution is 1.96. The van der Waals surface area contributed by atoms with Gasteiger partial charge < -0.3 is 15.2 Å². The molecule has 0 aromatic rings. The third-order valence-electron chi connectivity index (χ3n) is 1.35. The highest BCUT2D eigenvalue weighted by atomic mass is 16.4. The van der Waals surface area contributed by atoms with Crippen molar-refractivity contribution < 1.29 is 14.7 Å². The molecule has 2 unspecified atom stereocenters. The molecule has 0 aromatic heterocycles. The van der Waals surface area contributed by atoms with Crippen molar-refractivity contribution in [2.75, 3.05) is 0 Å². The molecule has 0 aliphatic heterocycles. The van der Waals surface area contributed by atoms with Crippen LogP contribution < -0.4 is 5.32 Å². The van der Waals surface area contributed by atoms with E-state index in [-0.39, 0.29) is 12.0 Å². The van der Waals surface area contributed by atoms with Gasteiger partial charge in [-0.15, -0.1) is 0 Å². The van der Waals surface area contributed by atoms with Gasteiger partial charge in [-0.05, 0) is 6.92 Å². The van der Waals surface area contributed by atoms with Gasteiger partial charge in [-0.3, -0.25) is 0 Å². The first-order chi connectivity index (χ1) is 4.57. The van der Waals surface area contributed by atoms with Crippen LogP contribution in [0.4, 0.5) is 4.79 Å². The number of aldehydes is 1.